The molecule has 0 saturated carbocycles. The van der Waals surface area contributed by atoms with Crippen molar-refractivity contribution in [2.75, 3.05) is 5.32 Å². The van der Waals surface area contributed by atoms with Crippen molar-refractivity contribution >= 4 is 45.8 Å². The molecular weight excluding hydrogens is 361 g/mol. The fraction of sp³-hybridized carbons (Fsp3) is 0.0526. The van der Waals surface area contributed by atoms with Gasteiger partial charge in [-0.15, -0.1) is 6.58 Å². The highest BCUT2D eigenvalue weighted by Crippen LogP contribution is 2.30. The van der Waals surface area contributed by atoms with Crippen molar-refractivity contribution in [3.05, 3.63) is 86.7 Å². The van der Waals surface area contributed by atoms with Gasteiger partial charge in [0.05, 0.1) is 15.7 Å². The normalized spacial score (nSPS) is 10.6. The lowest BCUT2D eigenvalue weighted by Crippen LogP contribution is -2.21. The molecule has 0 fully saturated rings. The van der Waals surface area contributed by atoms with Crippen molar-refractivity contribution in [3.8, 4) is 0 Å². The fourth-order valence-electron chi connectivity index (χ4n) is 2.48. The van der Waals surface area contributed by atoms with Crippen LogP contribution in [0.3, 0.4) is 0 Å². The summed E-state index contributed by atoms with van der Waals surface area (Å²) in [7, 11) is 0. The smallest absolute Gasteiger partial charge is 0.349 e. The van der Waals surface area contributed by atoms with E-state index in [-0.39, 0.29) is 21.3 Å². The number of fused-ring (bicyclic) bond motifs is 1. The van der Waals surface area contributed by atoms with Gasteiger partial charge in [-0.2, -0.15) is 0 Å². The number of halogens is 2. The summed E-state index contributed by atoms with van der Waals surface area (Å²) < 4.78 is 5.37. The number of anilines is 1. The van der Waals surface area contributed by atoms with E-state index in [1.165, 1.54) is 6.07 Å². The van der Waals surface area contributed by atoms with Gasteiger partial charge in [-0.05, 0) is 30.2 Å². The SMILES string of the molecule is C=CCc1cccc2cc(C(=O)Nc3c(Cl)cccc3Cl)c(=O)oc12. The third-order valence-electron chi connectivity index (χ3n) is 3.65. The van der Waals surface area contributed by atoms with Gasteiger partial charge in [0.25, 0.3) is 5.91 Å². The Balaban J connectivity index is 2.04. The van der Waals surface area contributed by atoms with Gasteiger partial charge in [-0.1, -0.05) is 53.5 Å². The maximum absolute atomic E-state index is 12.5. The van der Waals surface area contributed by atoms with Crippen molar-refractivity contribution in [2.45, 2.75) is 6.42 Å². The molecule has 0 aliphatic heterocycles. The van der Waals surface area contributed by atoms with E-state index < -0.39 is 11.5 Å². The number of hydrogen-bond donors (Lipinski definition) is 1. The van der Waals surface area contributed by atoms with Gasteiger partial charge in [0.1, 0.15) is 11.1 Å². The second-order valence-electron chi connectivity index (χ2n) is 5.33. The molecule has 6 heteroatoms. The number of para-hydroxylation sites is 2. The number of amides is 1. The lowest BCUT2D eigenvalue weighted by Gasteiger charge is -2.09. The van der Waals surface area contributed by atoms with E-state index in [4.69, 9.17) is 27.6 Å². The molecular formula is C19H13Cl2NO3. The quantitative estimate of drug-likeness (QED) is 0.512. The zero-order chi connectivity index (χ0) is 18.0. The van der Waals surface area contributed by atoms with Gasteiger partial charge in [-0.3, -0.25) is 4.79 Å². The first-order valence-electron chi connectivity index (χ1n) is 7.43. The van der Waals surface area contributed by atoms with Crippen LogP contribution in [-0.4, -0.2) is 5.91 Å². The van der Waals surface area contributed by atoms with Crippen molar-refractivity contribution in [1.29, 1.82) is 0 Å². The van der Waals surface area contributed by atoms with Crippen LogP contribution in [0.4, 0.5) is 5.69 Å². The molecule has 0 aliphatic carbocycles. The first kappa shape index (κ1) is 17.3. The number of carbonyl (C=O) groups excluding carboxylic acids is 1. The van der Waals surface area contributed by atoms with Crippen molar-refractivity contribution in [1.82, 2.24) is 0 Å². The van der Waals surface area contributed by atoms with E-state index in [1.54, 1.807) is 30.3 Å². The van der Waals surface area contributed by atoms with Gasteiger partial charge >= 0.3 is 5.63 Å². The van der Waals surface area contributed by atoms with Crippen LogP contribution in [0.5, 0.6) is 0 Å². The summed E-state index contributed by atoms with van der Waals surface area (Å²) in [5, 5.41) is 3.76. The second kappa shape index (κ2) is 7.13. The van der Waals surface area contributed by atoms with E-state index in [9.17, 15) is 9.59 Å². The minimum atomic E-state index is -0.732. The Morgan fingerprint density at radius 2 is 1.84 bits per heavy atom. The molecule has 0 atom stereocenters. The summed E-state index contributed by atoms with van der Waals surface area (Å²) in [6, 6.07) is 11.8. The summed E-state index contributed by atoms with van der Waals surface area (Å²) in [5.41, 5.74) is 0.657. The number of rotatable bonds is 4. The van der Waals surface area contributed by atoms with E-state index in [0.29, 0.717) is 17.4 Å². The van der Waals surface area contributed by atoms with Gasteiger partial charge in [0, 0.05) is 5.39 Å². The zero-order valence-electron chi connectivity index (χ0n) is 13.0. The highest BCUT2D eigenvalue weighted by molar-refractivity contribution is 6.40. The fourth-order valence-corrected chi connectivity index (χ4v) is 2.97. The van der Waals surface area contributed by atoms with Crippen molar-refractivity contribution < 1.29 is 9.21 Å². The Kier molecular flexibility index (Phi) is 4.93. The molecule has 0 unspecified atom stereocenters. The van der Waals surface area contributed by atoms with E-state index in [0.717, 1.165) is 5.56 Å². The Morgan fingerprint density at radius 3 is 2.52 bits per heavy atom. The Labute approximate surface area is 153 Å². The predicted octanol–water partition coefficient (Wildman–Crippen LogP) is 5.08. The molecule has 3 rings (SSSR count). The highest BCUT2D eigenvalue weighted by Gasteiger charge is 2.17. The molecule has 2 aromatic carbocycles. The first-order valence-corrected chi connectivity index (χ1v) is 8.19. The topological polar surface area (TPSA) is 59.3 Å². The lowest BCUT2D eigenvalue weighted by atomic mass is 10.1. The molecule has 126 valence electrons. The molecule has 0 saturated heterocycles. The maximum Gasteiger partial charge on any atom is 0.349 e. The molecule has 25 heavy (non-hydrogen) atoms. The van der Waals surface area contributed by atoms with E-state index in [2.05, 4.69) is 11.9 Å². The summed E-state index contributed by atoms with van der Waals surface area (Å²) >= 11 is 12.1. The van der Waals surface area contributed by atoms with Crippen LogP contribution in [0.1, 0.15) is 15.9 Å². The summed E-state index contributed by atoms with van der Waals surface area (Å²) in [6.45, 7) is 3.69. The Bertz CT molecular complexity index is 1020. The standard InChI is InChI=1S/C19H13Cl2NO3/c1-2-5-11-6-3-7-12-10-13(19(24)25-17(11)12)18(23)22-16-14(20)8-4-9-15(16)21/h2-4,6-10H,1,5H2,(H,22,23). The number of allylic oxidation sites excluding steroid dienone is 1. The highest BCUT2D eigenvalue weighted by atomic mass is 35.5. The molecule has 1 N–H and O–H groups in total. The Hall–Kier alpha value is -2.56. The van der Waals surface area contributed by atoms with Gasteiger partial charge < -0.3 is 9.73 Å². The maximum atomic E-state index is 12.5. The van der Waals surface area contributed by atoms with Crippen molar-refractivity contribution in [3.63, 3.8) is 0 Å². The largest absolute Gasteiger partial charge is 0.422 e. The van der Waals surface area contributed by atoms with Crippen LogP contribution in [0.2, 0.25) is 10.0 Å². The number of benzene rings is 2. The minimum absolute atomic E-state index is 0.126. The van der Waals surface area contributed by atoms with Crippen molar-refractivity contribution in [2.24, 2.45) is 0 Å². The Morgan fingerprint density at radius 1 is 1.16 bits per heavy atom. The molecule has 1 aromatic heterocycles. The zero-order valence-corrected chi connectivity index (χ0v) is 14.5. The average Bonchev–Trinajstić information content (AvgIpc) is 2.58. The van der Waals surface area contributed by atoms with E-state index >= 15 is 0 Å². The van der Waals surface area contributed by atoms with Crippen LogP contribution < -0.4 is 10.9 Å². The summed E-state index contributed by atoms with van der Waals surface area (Å²) in [5.74, 6) is -0.639. The molecule has 0 aliphatic rings. The molecule has 3 aromatic rings. The van der Waals surface area contributed by atoms with Crippen LogP contribution >= 0.6 is 23.2 Å². The van der Waals surface area contributed by atoms with Gasteiger partial charge in [0.2, 0.25) is 0 Å². The van der Waals surface area contributed by atoms with Crippen LogP contribution in [0.15, 0.2) is 64.3 Å². The van der Waals surface area contributed by atoms with Crippen LogP contribution in [-0.2, 0) is 6.42 Å². The summed E-state index contributed by atoms with van der Waals surface area (Å²) in [4.78, 5) is 24.8. The van der Waals surface area contributed by atoms with Gasteiger partial charge in [-0.25, -0.2) is 4.79 Å². The second-order valence-corrected chi connectivity index (χ2v) is 6.14. The van der Waals surface area contributed by atoms with Crippen LogP contribution in [0.25, 0.3) is 11.0 Å². The first-order chi connectivity index (χ1) is 12.0. The lowest BCUT2D eigenvalue weighted by molar-refractivity contribution is 0.102. The molecule has 0 spiro atoms. The number of carbonyl (C=O) groups is 1. The molecule has 0 radical (unpaired) electrons. The van der Waals surface area contributed by atoms with Gasteiger partial charge in [0.15, 0.2) is 0 Å². The molecule has 1 amide bonds. The summed E-state index contributed by atoms with van der Waals surface area (Å²) in [6.07, 6.45) is 2.27. The molecule has 0 bridgehead atoms. The number of hydrogen-bond acceptors (Lipinski definition) is 3. The monoisotopic (exact) mass is 373 g/mol. The van der Waals surface area contributed by atoms with E-state index in [1.807, 2.05) is 12.1 Å². The molecule has 1 heterocycles. The van der Waals surface area contributed by atoms with Crippen LogP contribution in [0, 0.1) is 0 Å². The average molecular weight is 374 g/mol. The molecule has 4 nitrogen and oxygen atoms in total. The predicted molar refractivity (Wildman–Crippen MR) is 101 cm³/mol. The third-order valence-corrected chi connectivity index (χ3v) is 4.28. The number of nitrogens with one attached hydrogen (secondary N) is 1. The minimum Gasteiger partial charge on any atom is -0.422 e. The third kappa shape index (κ3) is 3.45.